The molecule has 1 saturated heterocycles. The summed E-state index contributed by atoms with van der Waals surface area (Å²) in [6.45, 7) is 0.673. The van der Waals surface area contributed by atoms with Crippen LogP contribution in [-0.2, 0) is 17.5 Å². The average molecular weight is 389 g/mol. The van der Waals surface area contributed by atoms with Crippen molar-refractivity contribution in [3.8, 4) is 0 Å². The molecule has 27 heavy (non-hydrogen) atoms. The molecule has 6 nitrogen and oxygen atoms in total. The van der Waals surface area contributed by atoms with Gasteiger partial charge >= 0.3 is 12.3 Å². The van der Waals surface area contributed by atoms with E-state index < -0.39 is 29.1 Å². The number of alkyl halides is 3. The van der Waals surface area contributed by atoms with Gasteiger partial charge in [0.05, 0.1) is 11.0 Å². The van der Waals surface area contributed by atoms with Crippen molar-refractivity contribution in [2.24, 2.45) is 11.3 Å². The lowest BCUT2D eigenvalue weighted by molar-refractivity contribution is -0.137. The van der Waals surface area contributed by atoms with Crippen LogP contribution in [0, 0.1) is 17.2 Å². The fourth-order valence-electron chi connectivity index (χ4n) is 4.14. The molecule has 0 bridgehead atoms. The van der Waals surface area contributed by atoms with Crippen LogP contribution in [0.4, 0.5) is 22.4 Å². The molecule has 0 unspecified atom stereocenters. The van der Waals surface area contributed by atoms with Crippen LogP contribution >= 0.6 is 0 Å². The molecule has 0 radical (unpaired) electrons. The third-order valence-electron chi connectivity index (χ3n) is 5.31. The summed E-state index contributed by atoms with van der Waals surface area (Å²) in [5, 5.41) is 17.0. The number of fused-ring (bicyclic) bond motifs is 1. The Morgan fingerprint density at radius 1 is 1.30 bits per heavy atom. The molecule has 2 amide bonds. The van der Waals surface area contributed by atoms with Crippen molar-refractivity contribution in [2.75, 3.05) is 13.1 Å². The van der Waals surface area contributed by atoms with Crippen LogP contribution in [0.15, 0.2) is 18.2 Å². The number of hydrogen-bond donors (Lipinski definition) is 4. The van der Waals surface area contributed by atoms with Gasteiger partial charge in [-0.05, 0) is 49.1 Å². The van der Waals surface area contributed by atoms with E-state index in [1.165, 1.54) is 0 Å². The number of carboxylic acid groups (broad SMARTS) is 1. The van der Waals surface area contributed by atoms with E-state index >= 15 is 0 Å². The van der Waals surface area contributed by atoms with Crippen LogP contribution < -0.4 is 16.0 Å². The summed E-state index contributed by atoms with van der Waals surface area (Å²) in [6, 6.07) is 1.79. The zero-order valence-corrected chi connectivity index (χ0v) is 14.2. The predicted molar refractivity (Wildman–Crippen MR) is 86.2 cm³/mol. The molecular weight excluding hydrogens is 370 g/mol. The summed E-state index contributed by atoms with van der Waals surface area (Å²) in [7, 11) is 0. The Kier molecular flexibility index (Phi) is 5.02. The topological polar surface area (TPSA) is 90.5 Å². The molecule has 1 aliphatic heterocycles. The number of halogens is 4. The highest BCUT2D eigenvalue weighted by atomic mass is 19.4. The first kappa shape index (κ1) is 19.4. The zero-order chi connectivity index (χ0) is 19.8. The van der Waals surface area contributed by atoms with E-state index in [1.807, 2.05) is 0 Å². The van der Waals surface area contributed by atoms with Gasteiger partial charge in [-0.15, -0.1) is 0 Å². The van der Waals surface area contributed by atoms with Gasteiger partial charge in [0.2, 0.25) is 5.91 Å². The fourth-order valence-corrected chi connectivity index (χ4v) is 4.14. The van der Waals surface area contributed by atoms with Crippen LogP contribution in [0.2, 0.25) is 0 Å². The number of carbonyl (C=O) groups excluding carboxylic acids is 1. The molecule has 1 aliphatic carbocycles. The molecule has 3 rings (SSSR count). The largest absolute Gasteiger partial charge is 0.465 e. The van der Waals surface area contributed by atoms with Crippen LogP contribution in [0.3, 0.4) is 0 Å². The Morgan fingerprint density at radius 2 is 2.04 bits per heavy atom. The van der Waals surface area contributed by atoms with Gasteiger partial charge in [0, 0.05) is 19.1 Å². The Morgan fingerprint density at radius 3 is 2.70 bits per heavy atom. The molecule has 4 N–H and O–H groups in total. The Balaban J connectivity index is 1.70. The lowest BCUT2D eigenvalue weighted by atomic mass is 9.79. The van der Waals surface area contributed by atoms with Crippen molar-refractivity contribution in [1.82, 2.24) is 16.0 Å². The molecule has 10 heteroatoms. The number of carbonyl (C=O) groups is 2. The minimum atomic E-state index is -4.68. The fraction of sp³-hybridized carbons (Fsp3) is 0.529. The number of nitrogens with one attached hydrogen (secondary N) is 3. The summed E-state index contributed by atoms with van der Waals surface area (Å²) in [6.07, 6.45) is -5.03. The summed E-state index contributed by atoms with van der Waals surface area (Å²) in [5.41, 5.74) is -1.93. The highest BCUT2D eigenvalue weighted by Crippen LogP contribution is 2.46. The summed E-state index contributed by atoms with van der Waals surface area (Å²) >= 11 is 0. The van der Waals surface area contributed by atoms with Crippen molar-refractivity contribution < 1.29 is 32.3 Å². The molecule has 1 saturated carbocycles. The summed E-state index contributed by atoms with van der Waals surface area (Å²) in [4.78, 5) is 23.6. The van der Waals surface area contributed by atoms with E-state index in [4.69, 9.17) is 5.11 Å². The molecule has 1 aromatic rings. The lowest BCUT2D eigenvalue weighted by Gasteiger charge is -2.27. The molecule has 148 valence electrons. The van der Waals surface area contributed by atoms with Crippen molar-refractivity contribution in [3.05, 3.63) is 35.1 Å². The number of amides is 2. The molecule has 2 aliphatic rings. The smallest absolute Gasteiger partial charge is 0.416 e. The summed E-state index contributed by atoms with van der Waals surface area (Å²) in [5.74, 6) is -1.48. The third kappa shape index (κ3) is 4.00. The highest BCUT2D eigenvalue weighted by Gasteiger charge is 2.55. The highest BCUT2D eigenvalue weighted by molar-refractivity contribution is 5.84. The van der Waals surface area contributed by atoms with E-state index in [2.05, 4.69) is 16.0 Å². The second-order valence-electron chi connectivity index (χ2n) is 7.10. The van der Waals surface area contributed by atoms with E-state index in [0.29, 0.717) is 32.0 Å². The Bertz CT molecular complexity index is 755. The van der Waals surface area contributed by atoms with Crippen LogP contribution in [0.25, 0.3) is 0 Å². The van der Waals surface area contributed by atoms with Crippen LogP contribution in [0.5, 0.6) is 0 Å². The first-order valence-corrected chi connectivity index (χ1v) is 8.45. The van der Waals surface area contributed by atoms with Gasteiger partial charge < -0.3 is 21.1 Å². The predicted octanol–water partition coefficient (Wildman–Crippen LogP) is 2.10. The first-order valence-electron chi connectivity index (χ1n) is 8.45. The van der Waals surface area contributed by atoms with E-state index in [-0.39, 0.29) is 30.0 Å². The van der Waals surface area contributed by atoms with Crippen LogP contribution in [-0.4, -0.2) is 36.2 Å². The number of rotatable bonds is 4. The van der Waals surface area contributed by atoms with Gasteiger partial charge in [0.15, 0.2) is 0 Å². The van der Waals surface area contributed by atoms with Crippen molar-refractivity contribution in [2.45, 2.75) is 31.6 Å². The minimum Gasteiger partial charge on any atom is -0.465 e. The maximum absolute atomic E-state index is 13.5. The molecule has 1 heterocycles. The van der Waals surface area contributed by atoms with E-state index in [1.54, 1.807) is 0 Å². The second kappa shape index (κ2) is 6.99. The molecule has 2 fully saturated rings. The second-order valence-corrected chi connectivity index (χ2v) is 7.10. The molecule has 0 spiro atoms. The molecule has 3 atom stereocenters. The normalized spacial score (nSPS) is 27.3. The standard InChI is InChI=1S/C17H19F4N3O3/c18-12-2-9(1-10(3-12)17(19,20)21)6-23-14(25)16-5-13(24-15(26)27)4-11(16)7-22-8-16/h1-3,11,13,22,24H,4-8H2,(H,23,25)(H,26,27)/t11-,13+,16-/m0/s1. The first-order chi connectivity index (χ1) is 12.6. The maximum atomic E-state index is 13.5. The summed E-state index contributed by atoms with van der Waals surface area (Å²) < 4.78 is 51.9. The van der Waals surface area contributed by atoms with Crippen molar-refractivity contribution >= 4 is 12.0 Å². The minimum absolute atomic E-state index is 0.00721. The molecular formula is C17H19F4N3O3. The van der Waals surface area contributed by atoms with Gasteiger partial charge in [0.25, 0.3) is 0 Å². The van der Waals surface area contributed by atoms with Crippen LogP contribution in [0.1, 0.15) is 24.0 Å². The molecule has 1 aromatic carbocycles. The van der Waals surface area contributed by atoms with E-state index in [9.17, 15) is 27.2 Å². The Labute approximate surface area is 152 Å². The van der Waals surface area contributed by atoms with Gasteiger partial charge in [0.1, 0.15) is 5.82 Å². The maximum Gasteiger partial charge on any atom is 0.416 e. The quantitative estimate of drug-likeness (QED) is 0.594. The van der Waals surface area contributed by atoms with E-state index in [0.717, 1.165) is 12.1 Å². The van der Waals surface area contributed by atoms with Crippen molar-refractivity contribution in [3.63, 3.8) is 0 Å². The Hall–Kier alpha value is -2.36. The zero-order valence-electron chi connectivity index (χ0n) is 14.2. The van der Waals surface area contributed by atoms with Gasteiger partial charge in [-0.3, -0.25) is 4.79 Å². The SMILES string of the molecule is O=C(O)N[C@@H]1C[C@H]2CNC[C@@]2(C(=O)NCc2cc(F)cc(C(F)(F)F)c2)C1. The average Bonchev–Trinajstić information content (AvgIpc) is 3.08. The van der Waals surface area contributed by atoms with Gasteiger partial charge in [-0.1, -0.05) is 0 Å². The van der Waals surface area contributed by atoms with Gasteiger partial charge in [-0.2, -0.15) is 13.2 Å². The lowest BCUT2D eigenvalue weighted by Crippen LogP contribution is -2.45. The third-order valence-corrected chi connectivity index (χ3v) is 5.31. The van der Waals surface area contributed by atoms with Gasteiger partial charge in [-0.25, -0.2) is 9.18 Å². The van der Waals surface area contributed by atoms with Crippen molar-refractivity contribution in [1.29, 1.82) is 0 Å². The molecule has 0 aromatic heterocycles. The number of hydrogen-bond acceptors (Lipinski definition) is 3. The number of benzene rings is 1. The monoisotopic (exact) mass is 389 g/mol.